The van der Waals surface area contributed by atoms with E-state index in [-0.39, 0.29) is 11.8 Å². The van der Waals surface area contributed by atoms with E-state index in [1.807, 2.05) is 0 Å². The Morgan fingerprint density at radius 2 is 0.875 bits per heavy atom. The molecule has 6 nitrogen and oxygen atoms in total. The molecule has 2 fully saturated rings. The minimum absolute atomic E-state index is 0.0822. The maximum atomic E-state index is 10.6. The van der Waals surface area contributed by atoms with Crippen LogP contribution in [0, 0.1) is 11.8 Å². The molecule has 2 saturated carbocycles. The fourth-order valence-corrected chi connectivity index (χ4v) is 3.68. The van der Waals surface area contributed by atoms with Gasteiger partial charge in [-0.3, -0.25) is 9.59 Å². The average molecular weight is 342 g/mol. The molecule has 0 unspecified atom stereocenters. The first-order chi connectivity index (χ1) is 11.2. The lowest BCUT2D eigenvalue weighted by Crippen LogP contribution is -2.33. The van der Waals surface area contributed by atoms with Crippen molar-refractivity contribution in [1.29, 1.82) is 0 Å². The lowest BCUT2D eigenvalue weighted by molar-refractivity contribution is -0.144. The number of carboxylic acids is 2. The minimum atomic E-state index is -0.618. The van der Waals surface area contributed by atoms with Crippen molar-refractivity contribution in [3.8, 4) is 0 Å². The first-order valence-electron chi connectivity index (χ1n) is 9.00. The van der Waals surface area contributed by atoms with Gasteiger partial charge in [-0.2, -0.15) is 0 Å². The van der Waals surface area contributed by atoms with Gasteiger partial charge in [-0.25, -0.2) is 0 Å². The fourth-order valence-electron chi connectivity index (χ4n) is 3.68. The highest BCUT2D eigenvalue weighted by Crippen LogP contribution is 2.27. The molecule has 0 aliphatic heterocycles. The predicted octanol–water partition coefficient (Wildman–Crippen LogP) is 2.38. The molecule has 0 heterocycles. The topological polar surface area (TPSA) is 81.1 Å². The SMILES string of the molecule is CN(C)C1CCC(C(=O)O)CC1.CN(C)C1CCC(C(=O)O)CC1. The van der Waals surface area contributed by atoms with Crippen LogP contribution in [0.5, 0.6) is 0 Å². The van der Waals surface area contributed by atoms with E-state index in [1.54, 1.807) is 0 Å². The zero-order chi connectivity index (χ0) is 18.3. The van der Waals surface area contributed by atoms with Gasteiger partial charge in [0.25, 0.3) is 0 Å². The Morgan fingerprint density at radius 3 is 1.04 bits per heavy atom. The van der Waals surface area contributed by atoms with Crippen LogP contribution in [0.15, 0.2) is 0 Å². The van der Waals surface area contributed by atoms with Gasteiger partial charge < -0.3 is 20.0 Å². The molecule has 2 rings (SSSR count). The van der Waals surface area contributed by atoms with E-state index in [4.69, 9.17) is 10.2 Å². The highest BCUT2D eigenvalue weighted by Gasteiger charge is 2.27. The summed E-state index contributed by atoms with van der Waals surface area (Å²) < 4.78 is 0. The van der Waals surface area contributed by atoms with Gasteiger partial charge in [0.1, 0.15) is 0 Å². The van der Waals surface area contributed by atoms with Gasteiger partial charge in [0.15, 0.2) is 0 Å². The zero-order valence-electron chi connectivity index (χ0n) is 15.6. The number of nitrogens with zero attached hydrogens (tertiary/aromatic N) is 2. The summed E-state index contributed by atoms with van der Waals surface area (Å²) in [7, 11) is 8.25. The Kier molecular flexibility index (Phi) is 8.70. The first-order valence-corrected chi connectivity index (χ1v) is 9.00. The highest BCUT2D eigenvalue weighted by atomic mass is 16.4. The van der Waals surface area contributed by atoms with E-state index in [9.17, 15) is 9.59 Å². The van der Waals surface area contributed by atoms with Crippen molar-refractivity contribution in [3.63, 3.8) is 0 Å². The average Bonchev–Trinajstić information content (AvgIpc) is 2.55. The third-order valence-electron chi connectivity index (χ3n) is 5.55. The van der Waals surface area contributed by atoms with Gasteiger partial charge in [-0.1, -0.05) is 0 Å². The van der Waals surface area contributed by atoms with Crippen LogP contribution in [0.3, 0.4) is 0 Å². The van der Waals surface area contributed by atoms with E-state index >= 15 is 0 Å². The highest BCUT2D eigenvalue weighted by molar-refractivity contribution is 5.70. The van der Waals surface area contributed by atoms with E-state index in [0.717, 1.165) is 51.4 Å². The Bertz CT molecular complexity index is 358. The second kappa shape index (κ2) is 9.99. The van der Waals surface area contributed by atoms with Crippen LogP contribution in [0.1, 0.15) is 51.4 Å². The molecule has 0 radical (unpaired) electrons. The fraction of sp³-hybridized carbons (Fsp3) is 0.889. The quantitative estimate of drug-likeness (QED) is 0.816. The van der Waals surface area contributed by atoms with Crippen LogP contribution < -0.4 is 0 Å². The lowest BCUT2D eigenvalue weighted by Gasteiger charge is -2.30. The summed E-state index contributed by atoms with van der Waals surface area (Å²) in [6, 6.07) is 1.20. The van der Waals surface area contributed by atoms with Crippen LogP contribution in [0.25, 0.3) is 0 Å². The molecule has 6 heteroatoms. The molecular formula is C18H34N2O4. The molecule has 0 spiro atoms. The van der Waals surface area contributed by atoms with Gasteiger partial charge in [-0.05, 0) is 79.6 Å². The van der Waals surface area contributed by atoms with Crippen LogP contribution in [-0.4, -0.2) is 72.2 Å². The van der Waals surface area contributed by atoms with Gasteiger partial charge in [0.2, 0.25) is 0 Å². The van der Waals surface area contributed by atoms with Crippen molar-refractivity contribution < 1.29 is 19.8 Å². The minimum Gasteiger partial charge on any atom is -0.481 e. The Hall–Kier alpha value is -1.14. The number of hydrogen-bond donors (Lipinski definition) is 2. The smallest absolute Gasteiger partial charge is 0.306 e. The Morgan fingerprint density at radius 1 is 0.625 bits per heavy atom. The molecule has 0 amide bonds. The van der Waals surface area contributed by atoms with Crippen LogP contribution in [0.2, 0.25) is 0 Å². The molecule has 0 aromatic carbocycles. The maximum Gasteiger partial charge on any atom is 0.306 e. The zero-order valence-corrected chi connectivity index (χ0v) is 15.6. The third-order valence-corrected chi connectivity index (χ3v) is 5.55. The van der Waals surface area contributed by atoms with E-state index in [0.29, 0.717) is 12.1 Å². The maximum absolute atomic E-state index is 10.6. The lowest BCUT2D eigenvalue weighted by atomic mass is 9.86. The Balaban J connectivity index is 0.000000240. The number of carboxylic acid groups (broad SMARTS) is 2. The van der Waals surface area contributed by atoms with Gasteiger partial charge in [0.05, 0.1) is 11.8 Å². The molecule has 24 heavy (non-hydrogen) atoms. The molecule has 0 aromatic rings. The molecule has 0 atom stereocenters. The summed E-state index contributed by atoms with van der Waals surface area (Å²) in [6.45, 7) is 0. The van der Waals surface area contributed by atoms with E-state index < -0.39 is 11.9 Å². The molecule has 0 saturated heterocycles. The van der Waals surface area contributed by atoms with E-state index in [2.05, 4.69) is 38.0 Å². The largest absolute Gasteiger partial charge is 0.481 e. The summed E-state index contributed by atoms with van der Waals surface area (Å²) in [4.78, 5) is 25.6. The van der Waals surface area contributed by atoms with Gasteiger partial charge in [-0.15, -0.1) is 0 Å². The van der Waals surface area contributed by atoms with Crippen molar-refractivity contribution in [2.75, 3.05) is 28.2 Å². The second-order valence-electron chi connectivity index (χ2n) is 7.61. The molecular weight excluding hydrogens is 308 g/mol. The van der Waals surface area contributed by atoms with Gasteiger partial charge in [0, 0.05) is 12.1 Å². The molecule has 2 N–H and O–H groups in total. The van der Waals surface area contributed by atoms with Crippen LogP contribution in [0.4, 0.5) is 0 Å². The van der Waals surface area contributed by atoms with Gasteiger partial charge >= 0.3 is 11.9 Å². The first kappa shape index (κ1) is 20.9. The third kappa shape index (κ3) is 6.77. The van der Waals surface area contributed by atoms with Crippen LogP contribution in [-0.2, 0) is 9.59 Å². The number of carbonyl (C=O) groups is 2. The summed E-state index contributed by atoms with van der Waals surface area (Å²) in [5, 5.41) is 17.5. The van der Waals surface area contributed by atoms with Crippen molar-refractivity contribution >= 4 is 11.9 Å². The summed E-state index contributed by atoms with van der Waals surface area (Å²) in [6.07, 6.45) is 7.51. The monoisotopic (exact) mass is 342 g/mol. The summed E-state index contributed by atoms with van der Waals surface area (Å²) >= 11 is 0. The Labute approximate surface area is 145 Å². The summed E-state index contributed by atoms with van der Waals surface area (Å²) in [5.74, 6) is -1.40. The molecule has 2 aliphatic rings. The molecule has 0 bridgehead atoms. The second-order valence-corrected chi connectivity index (χ2v) is 7.61. The van der Waals surface area contributed by atoms with Crippen molar-refractivity contribution in [2.45, 2.75) is 63.5 Å². The van der Waals surface area contributed by atoms with Crippen molar-refractivity contribution in [3.05, 3.63) is 0 Å². The van der Waals surface area contributed by atoms with Crippen LogP contribution >= 0.6 is 0 Å². The normalized spacial score (nSPS) is 30.6. The van der Waals surface area contributed by atoms with Crippen molar-refractivity contribution in [2.24, 2.45) is 11.8 Å². The molecule has 0 aromatic heterocycles. The molecule has 140 valence electrons. The van der Waals surface area contributed by atoms with Crippen molar-refractivity contribution in [1.82, 2.24) is 9.80 Å². The standard InChI is InChI=1S/2C9H17NO2/c2*1-10(2)8-5-3-7(4-6-8)9(11)12/h2*7-8H,3-6H2,1-2H3,(H,11,12). The predicted molar refractivity (Wildman–Crippen MR) is 94.1 cm³/mol. The van der Waals surface area contributed by atoms with E-state index in [1.165, 1.54) is 0 Å². The number of hydrogen-bond acceptors (Lipinski definition) is 4. The number of aliphatic carboxylic acids is 2. The molecule has 2 aliphatic carbocycles. The summed E-state index contributed by atoms with van der Waals surface area (Å²) in [5.41, 5.74) is 0. The number of rotatable bonds is 4.